The third-order valence-corrected chi connectivity index (χ3v) is 3.65. The highest BCUT2D eigenvalue weighted by molar-refractivity contribution is 7.07. The predicted molar refractivity (Wildman–Crippen MR) is 56.7 cm³/mol. The summed E-state index contributed by atoms with van der Waals surface area (Å²) in [5.41, 5.74) is 2.17. The first-order valence-electron chi connectivity index (χ1n) is 4.92. The number of nitrogens with one attached hydrogen (secondary N) is 1. The number of aromatic nitrogens is 1. The van der Waals surface area contributed by atoms with Gasteiger partial charge >= 0.3 is 0 Å². The van der Waals surface area contributed by atoms with Gasteiger partial charge in [-0.25, -0.2) is 4.98 Å². The van der Waals surface area contributed by atoms with Gasteiger partial charge in [0.25, 0.3) is 0 Å². The van der Waals surface area contributed by atoms with Crippen LogP contribution in [0, 0.1) is 5.41 Å². The van der Waals surface area contributed by atoms with E-state index in [0.29, 0.717) is 5.69 Å². The average Bonchev–Trinajstić information content (AvgIpc) is 2.89. The van der Waals surface area contributed by atoms with Crippen LogP contribution < -0.4 is 5.32 Å². The Morgan fingerprint density at radius 3 is 3.14 bits per heavy atom. The van der Waals surface area contributed by atoms with Gasteiger partial charge in [0.15, 0.2) is 5.78 Å². The molecule has 4 heteroatoms. The number of hydrogen-bond acceptors (Lipinski definition) is 4. The van der Waals surface area contributed by atoms with Crippen LogP contribution in [-0.2, 0) is 0 Å². The number of nitrogens with zero attached hydrogens (tertiary/aromatic N) is 1. The predicted octanol–water partition coefficient (Wildman–Crippen LogP) is 1.72. The molecule has 14 heavy (non-hydrogen) atoms. The lowest BCUT2D eigenvalue weighted by Gasteiger charge is -2.23. The van der Waals surface area contributed by atoms with Gasteiger partial charge in [-0.2, -0.15) is 0 Å². The summed E-state index contributed by atoms with van der Waals surface area (Å²) in [6, 6.07) is 0. The maximum Gasteiger partial charge on any atom is 0.189 e. The van der Waals surface area contributed by atoms with E-state index >= 15 is 0 Å². The highest BCUT2D eigenvalue weighted by Crippen LogP contribution is 2.33. The van der Waals surface area contributed by atoms with Crippen molar-refractivity contribution in [2.24, 2.45) is 5.41 Å². The van der Waals surface area contributed by atoms with Crippen molar-refractivity contribution < 1.29 is 4.79 Å². The smallest absolute Gasteiger partial charge is 0.189 e. The third kappa shape index (κ3) is 1.48. The number of hydrogen-bond donors (Lipinski definition) is 1. The highest BCUT2D eigenvalue weighted by atomic mass is 32.1. The van der Waals surface area contributed by atoms with Crippen molar-refractivity contribution in [2.75, 3.05) is 13.1 Å². The lowest BCUT2D eigenvalue weighted by Crippen LogP contribution is -2.33. The van der Waals surface area contributed by atoms with E-state index in [9.17, 15) is 4.79 Å². The molecule has 0 saturated carbocycles. The molecule has 1 N–H and O–H groups in total. The summed E-state index contributed by atoms with van der Waals surface area (Å²) in [7, 11) is 0. The quantitative estimate of drug-likeness (QED) is 0.772. The van der Waals surface area contributed by atoms with Gasteiger partial charge in [-0.15, -0.1) is 11.3 Å². The summed E-state index contributed by atoms with van der Waals surface area (Å²) in [6.45, 7) is 3.83. The lowest BCUT2D eigenvalue weighted by atomic mass is 9.79. The van der Waals surface area contributed by atoms with Gasteiger partial charge in [-0.1, -0.05) is 6.92 Å². The topological polar surface area (TPSA) is 42.0 Å². The molecule has 1 aliphatic heterocycles. The van der Waals surface area contributed by atoms with Crippen LogP contribution in [0.3, 0.4) is 0 Å². The molecule has 3 nitrogen and oxygen atoms in total. The molecule has 0 aliphatic carbocycles. The molecule has 76 valence electrons. The van der Waals surface area contributed by atoms with E-state index in [-0.39, 0.29) is 11.2 Å². The number of Topliss-reactive ketones (excluding diaryl/α,β-unsaturated/α-hetero) is 1. The molecule has 2 heterocycles. The van der Waals surface area contributed by atoms with Gasteiger partial charge in [0.1, 0.15) is 5.69 Å². The lowest BCUT2D eigenvalue weighted by molar-refractivity contribution is 0.0805. The van der Waals surface area contributed by atoms with Gasteiger partial charge in [0.2, 0.25) is 0 Å². The Morgan fingerprint density at radius 2 is 2.64 bits per heavy atom. The second-order valence-corrected chi connectivity index (χ2v) is 4.48. The second-order valence-electron chi connectivity index (χ2n) is 3.76. The van der Waals surface area contributed by atoms with Crippen LogP contribution in [0.15, 0.2) is 10.9 Å². The summed E-state index contributed by atoms with van der Waals surface area (Å²) in [6.07, 6.45) is 1.84. The molecule has 0 spiro atoms. The van der Waals surface area contributed by atoms with Gasteiger partial charge in [-0.3, -0.25) is 4.79 Å². The molecule has 1 aliphatic rings. The minimum absolute atomic E-state index is 0.186. The number of rotatable bonds is 3. The van der Waals surface area contributed by atoms with Gasteiger partial charge < -0.3 is 5.32 Å². The number of carbonyl (C=O) groups excluding carboxylic acids is 1. The zero-order valence-electron chi connectivity index (χ0n) is 8.25. The van der Waals surface area contributed by atoms with E-state index in [4.69, 9.17) is 0 Å². The van der Waals surface area contributed by atoms with Crippen LogP contribution in [0.5, 0.6) is 0 Å². The SMILES string of the molecule is CCC1(C(=O)c2cscn2)CCNC1. The van der Waals surface area contributed by atoms with Crippen molar-refractivity contribution >= 4 is 17.1 Å². The standard InChI is InChI=1S/C10H14N2OS/c1-2-10(3-4-11-6-10)9(13)8-5-14-7-12-8/h5,7,11H,2-4,6H2,1H3. The van der Waals surface area contributed by atoms with Crippen LogP contribution in [-0.4, -0.2) is 23.9 Å². The third-order valence-electron chi connectivity index (χ3n) is 3.07. The highest BCUT2D eigenvalue weighted by Gasteiger charge is 2.40. The minimum Gasteiger partial charge on any atom is -0.316 e. The van der Waals surface area contributed by atoms with Crippen LogP contribution in [0.1, 0.15) is 30.3 Å². The summed E-state index contributed by atoms with van der Waals surface area (Å²) in [4.78, 5) is 16.3. The molecule has 0 aromatic carbocycles. The number of ketones is 1. The van der Waals surface area contributed by atoms with E-state index in [1.165, 1.54) is 11.3 Å². The average molecular weight is 210 g/mol. The largest absolute Gasteiger partial charge is 0.316 e. The summed E-state index contributed by atoms with van der Waals surface area (Å²) in [5.74, 6) is 0.214. The second kappa shape index (κ2) is 3.79. The van der Waals surface area contributed by atoms with E-state index in [0.717, 1.165) is 25.9 Å². The zero-order chi connectivity index (χ0) is 10.0. The first-order valence-corrected chi connectivity index (χ1v) is 5.86. The molecule has 1 fully saturated rings. The molecule has 0 amide bonds. The Labute approximate surface area is 87.6 Å². The molecular formula is C10H14N2OS. The number of carbonyl (C=O) groups is 1. The van der Waals surface area contributed by atoms with Crippen molar-refractivity contribution in [3.8, 4) is 0 Å². The summed E-state index contributed by atoms with van der Waals surface area (Å²) < 4.78 is 0. The molecule has 1 atom stereocenters. The molecule has 0 radical (unpaired) electrons. The fourth-order valence-corrected chi connectivity index (χ4v) is 2.53. The van der Waals surface area contributed by atoms with Crippen molar-refractivity contribution in [3.05, 3.63) is 16.6 Å². The maximum absolute atomic E-state index is 12.2. The van der Waals surface area contributed by atoms with Crippen molar-refractivity contribution in [1.29, 1.82) is 0 Å². The fourth-order valence-electron chi connectivity index (χ4n) is 2.00. The Hall–Kier alpha value is -0.740. The summed E-state index contributed by atoms with van der Waals surface area (Å²) >= 11 is 1.48. The van der Waals surface area contributed by atoms with E-state index in [1.807, 2.05) is 5.38 Å². The van der Waals surface area contributed by atoms with Crippen LogP contribution >= 0.6 is 11.3 Å². The van der Waals surface area contributed by atoms with Crippen LogP contribution in [0.4, 0.5) is 0 Å². The van der Waals surface area contributed by atoms with Crippen molar-refractivity contribution in [1.82, 2.24) is 10.3 Å². The monoisotopic (exact) mass is 210 g/mol. The minimum atomic E-state index is -0.186. The van der Waals surface area contributed by atoms with Crippen LogP contribution in [0.25, 0.3) is 0 Å². The molecule has 1 saturated heterocycles. The fraction of sp³-hybridized carbons (Fsp3) is 0.600. The Kier molecular flexibility index (Phi) is 2.65. The Morgan fingerprint density at radius 1 is 1.79 bits per heavy atom. The van der Waals surface area contributed by atoms with E-state index < -0.39 is 0 Å². The van der Waals surface area contributed by atoms with Gasteiger partial charge in [0, 0.05) is 17.3 Å². The Balaban J connectivity index is 2.24. The normalized spacial score (nSPS) is 26.6. The maximum atomic E-state index is 12.2. The first kappa shape index (κ1) is 9.80. The molecule has 0 bridgehead atoms. The van der Waals surface area contributed by atoms with Crippen molar-refractivity contribution in [3.63, 3.8) is 0 Å². The van der Waals surface area contributed by atoms with Gasteiger partial charge in [0.05, 0.1) is 5.51 Å². The Bertz CT molecular complexity index is 315. The molecule has 1 aromatic rings. The molecule has 1 aromatic heterocycles. The first-order chi connectivity index (χ1) is 6.78. The van der Waals surface area contributed by atoms with Crippen LogP contribution in [0.2, 0.25) is 0 Å². The molecule has 1 unspecified atom stereocenters. The van der Waals surface area contributed by atoms with E-state index in [1.54, 1.807) is 5.51 Å². The van der Waals surface area contributed by atoms with Crippen molar-refractivity contribution in [2.45, 2.75) is 19.8 Å². The molecular weight excluding hydrogens is 196 g/mol. The molecule has 2 rings (SSSR count). The number of thiazole rings is 1. The summed E-state index contributed by atoms with van der Waals surface area (Å²) in [5, 5.41) is 5.11. The van der Waals surface area contributed by atoms with E-state index in [2.05, 4.69) is 17.2 Å². The zero-order valence-corrected chi connectivity index (χ0v) is 9.06. The van der Waals surface area contributed by atoms with Gasteiger partial charge in [-0.05, 0) is 19.4 Å².